The van der Waals surface area contributed by atoms with Gasteiger partial charge in [0, 0.05) is 51.2 Å². The molecule has 0 aliphatic carbocycles. The lowest BCUT2D eigenvalue weighted by Crippen LogP contribution is -2.42. The van der Waals surface area contributed by atoms with Gasteiger partial charge >= 0.3 is 0 Å². The number of para-hydroxylation sites is 2. The van der Waals surface area contributed by atoms with E-state index in [2.05, 4.69) is 66.6 Å². The van der Waals surface area contributed by atoms with Crippen molar-refractivity contribution in [3.8, 4) is 0 Å². The van der Waals surface area contributed by atoms with Crippen LogP contribution in [0.3, 0.4) is 0 Å². The highest BCUT2D eigenvalue weighted by Gasteiger charge is 2.16. The number of hydrogen-bond donors (Lipinski definition) is 2. The second-order valence-corrected chi connectivity index (χ2v) is 8.47. The van der Waals surface area contributed by atoms with Crippen LogP contribution in [0.5, 0.6) is 0 Å². The Morgan fingerprint density at radius 2 is 2.03 bits per heavy atom. The summed E-state index contributed by atoms with van der Waals surface area (Å²) in [6.07, 6.45) is 2.21. The molecule has 2 aromatic heterocycles. The van der Waals surface area contributed by atoms with E-state index in [9.17, 15) is 0 Å². The highest BCUT2D eigenvalue weighted by molar-refractivity contribution is 7.10. The molecule has 0 fully saturated rings. The van der Waals surface area contributed by atoms with E-state index in [1.807, 2.05) is 24.5 Å². The number of rotatable bonds is 7. The van der Waals surface area contributed by atoms with Crippen molar-refractivity contribution in [1.82, 2.24) is 25.1 Å². The Labute approximate surface area is 176 Å². The van der Waals surface area contributed by atoms with E-state index >= 15 is 0 Å². The minimum atomic E-state index is 0.880. The van der Waals surface area contributed by atoms with Gasteiger partial charge < -0.3 is 15.2 Å². The van der Waals surface area contributed by atoms with Crippen LogP contribution in [0, 0.1) is 6.92 Å². The SMILES string of the molecule is CN=C(NCCCn1c(C)nc2ccccc21)NCCN1CCc2sccc2C1. The minimum Gasteiger partial charge on any atom is -0.356 e. The summed E-state index contributed by atoms with van der Waals surface area (Å²) in [6.45, 7) is 8.08. The molecule has 0 saturated heterocycles. The molecule has 0 radical (unpaired) electrons. The summed E-state index contributed by atoms with van der Waals surface area (Å²) >= 11 is 1.89. The van der Waals surface area contributed by atoms with Gasteiger partial charge in [-0.05, 0) is 48.9 Å². The van der Waals surface area contributed by atoms with Gasteiger partial charge in [0.2, 0.25) is 0 Å². The summed E-state index contributed by atoms with van der Waals surface area (Å²) < 4.78 is 2.29. The lowest BCUT2D eigenvalue weighted by molar-refractivity contribution is 0.260. The summed E-state index contributed by atoms with van der Waals surface area (Å²) in [5.41, 5.74) is 3.79. The topological polar surface area (TPSA) is 57.5 Å². The molecule has 4 rings (SSSR count). The van der Waals surface area contributed by atoms with Crippen molar-refractivity contribution >= 4 is 28.3 Å². The molecule has 0 amide bonds. The van der Waals surface area contributed by atoms with Crippen molar-refractivity contribution < 1.29 is 0 Å². The van der Waals surface area contributed by atoms with Crippen molar-refractivity contribution in [3.05, 3.63) is 52.0 Å². The molecule has 0 spiro atoms. The second-order valence-electron chi connectivity index (χ2n) is 7.47. The lowest BCUT2D eigenvalue weighted by atomic mass is 10.1. The van der Waals surface area contributed by atoms with Crippen molar-refractivity contribution in [1.29, 1.82) is 0 Å². The molecule has 3 aromatic rings. The zero-order valence-corrected chi connectivity index (χ0v) is 18.1. The zero-order chi connectivity index (χ0) is 20.1. The predicted molar refractivity (Wildman–Crippen MR) is 122 cm³/mol. The number of aliphatic imine (C=N–C) groups is 1. The van der Waals surface area contributed by atoms with Crippen LogP contribution in [-0.4, -0.2) is 53.6 Å². The maximum Gasteiger partial charge on any atom is 0.191 e. The van der Waals surface area contributed by atoms with Gasteiger partial charge in [0.25, 0.3) is 0 Å². The highest BCUT2D eigenvalue weighted by atomic mass is 32.1. The first kappa shape index (κ1) is 19.9. The summed E-state index contributed by atoms with van der Waals surface area (Å²) in [7, 11) is 1.83. The van der Waals surface area contributed by atoms with Gasteiger partial charge in [-0.3, -0.25) is 9.89 Å². The van der Waals surface area contributed by atoms with E-state index in [1.165, 1.54) is 17.5 Å². The second kappa shape index (κ2) is 9.41. The molecule has 0 bridgehead atoms. The van der Waals surface area contributed by atoms with E-state index in [4.69, 9.17) is 0 Å². The summed E-state index contributed by atoms with van der Waals surface area (Å²) in [6, 6.07) is 10.6. The Balaban J connectivity index is 1.18. The number of guanidine groups is 1. The standard InChI is InChI=1S/C22H30N6S/c1-17-26-19-6-3-4-7-20(19)28(17)12-5-10-24-22(23-2)25-11-14-27-13-8-21-18(16-27)9-15-29-21/h3-4,6-7,9,15H,5,8,10-14,16H2,1-2H3,(H2,23,24,25). The Hall–Kier alpha value is -2.38. The fourth-order valence-electron chi connectivity index (χ4n) is 3.97. The largest absolute Gasteiger partial charge is 0.356 e. The van der Waals surface area contributed by atoms with Crippen LogP contribution in [-0.2, 0) is 19.5 Å². The molecule has 3 heterocycles. The van der Waals surface area contributed by atoms with Gasteiger partial charge in [0.05, 0.1) is 11.0 Å². The first-order valence-electron chi connectivity index (χ1n) is 10.4. The Morgan fingerprint density at radius 3 is 2.93 bits per heavy atom. The van der Waals surface area contributed by atoms with Gasteiger partial charge in [-0.15, -0.1) is 11.3 Å². The van der Waals surface area contributed by atoms with Crippen LogP contribution >= 0.6 is 11.3 Å². The van der Waals surface area contributed by atoms with E-state index < -0.39 is 0 Å². The number of nitrogens with zero attached hydrogens (tertiary/aromatic N) is 4. The molecule has 29 heavy (non-hydrogen) atoms. The fraction of sp³-hybridized carbons (Fsp3) is 0.455. The first-order chi connectivity index (χ1) is 14.2. The van der Waals surface area contributed by atoms with E-state index in [0.29, 0.717) is 0 Å². The number of aryl methyl sites for hydroxylation is 2. The van der Waals surface area contributed by atoms with E-state index in [-0.39, 0.29) is 0 Å². The molecular weight excluding hydrogens is 380 g/mol. The number of aromatic nitrogens is 2. The highest BCUT2D eigenvalue weighted by Crippen LogP contribution is 2.23. The number of hydrogen-bond acceptors (Lipinski definition) is 4. The fourth-order valence-corrected chi connectivity index (χ4v) is 4.86. The van der Waals surface area contributed by atoms with Crippen LogP contribution < -0.4 is 10.6 Å². The number of thiophene rings is 1. The predicted octanol–water partition coefficient (Wildman–Crippen LogP) is 3.02. The van der Waals surface area contributed by atoms with Crippen LogP contribution in [0.2, 0.25) is 0 Å². The molecular formula is C22H30N6S. The van der Waals surface area contributed by atoms with E-state index in [1.54, 1.807) is 4.88 Å². The number of benzene rings is 1. The van der Waals surface area contributed by atoms with Crippen LogP contribution in [0.1, 0.15) is 22.7 Å². The van der Waals surface area contributed by atoms with Crippen molar-refractivity contribution in [2.45, 2.75) is 32.9 Å². The molecule has 0 atom stereocenters. The summed E-state index contributed by atoms with van der Waals surface area (Å²) in [4.78, 5) is 13.1. The summed E-state index contributed by atoms with van der Waals surface area (Å²) in [5.74, 6) is 1.95. The number of imidazole rings is 1. The zero-order valence-electron chi connectivity index (χ0n) is 17.3. The molecule has 1 aliphatic rings. The maximum absolute atomic E-state index is 4.64. The van der Waals surface area contributed by atoms with Crippen LogP contribution in [0.4, 0.5) is 0 Å². The van der Waals surface area contributed by atoms with Crippen molar-refractivity contribution in [2.75, 3.05) is 33.2 Å². The first-order valence-corrected chi connectivity index (χ1v) is 11.3. The molecule has 154 valence electrons. The monoisotopic (exact) mass is 410 g/mol. The van der Waals surface area contributed by atoms with Crippen molar-refractivity contribution in [2.24, 2.45) is 4.99 Å². The number of fused-ring (bicyclic) bond motifs is 2. The van der Waals surface area contributed by atoms with Crippen molar-refractivity contribution in [3.63, 3.8) is 0 Å². The molecule has 0 saturated carbocycles. The number of nitrogens with one attached hydrogen (secondary N) is 2. The average Bonchev–Trinajstić information content (AvgIpc) is 3.33. The minimum absolute atomic E-state index is 0.880. The van der Waals surface area contributed by atoms with Gasteiger partial charge in [0.1, 0.15) is 5.82 Å². The smallest absolute Gasteiger partial charge is 0.191 e. The van der Waals surface area contributed by atoms with Gasteiger partial charge in [0.15, 0.2) is 5.96 Å². The van der Waals surface area contributed by atoms with Gasteiger partial charge in [-0.25, -0.2) is 4.98 Å². The summed E-state index contributed by atoms with van der Waals surface area (Å²) in [5, 5.41) is 9.10. The van der Waals surface area contributed by atoms with Gasteiger partial charge in [-0.1, -0.05) is 12.1 Å². The lowest BCUT2D eigenvalue weighted by Gasteiger charge is -2.27. The molecule has 1 aliphatic heterocycles. The third kappa shape index (κ3) is 4.79. The molecule has 0 unspecified atom stereocenters. The quantitative estimate of drug-likeness (QED) is 0.357. The molecule has 6 nitrogen and oxygen atoms in total. The van der Waals surface area contributed by atoms with Gasteiger partial charge in [-0.2, -0.15) is 0 Å². The third-order valence-corrected chi connectivity index (χ3v) is 6.55. The van der Waals surface area contributed by atoms with Crippen LogP contribution in [0.15, 0.2) is 40.7 Å². The Kier molecular flexibility index (Phi) is 6.46. The molecule has 7 heteroatoms. The molecule has 1 aromatic carbocycles. The average molecular weight is 411 g/mol. The van der Waals surface area contributed by atoms with Crippen LogP contribution in [0.25, 0.3) is 11.0 Å². The normalized spacial score (nSPS) is 14.9. The Bertz CT molecular complexity index is 973. The Morgan fingerprint density at radius 1 is 1.17 bits per heavy atom. The third-order valence-electron chi connectivity index (χ3n) is 5.53. The molecule has 2 N–H and O–H groups in total. The maximum atomic E-state index is 4.64. The van der Waals surface area contributed by atoms with E-state index in [0.717, 1.165) is 63.0 Å².